The van der Waals surface area contributed by atoms with Crippen molar-refractivity contribution in [2.45, 2.75) is 96.4 Å². The molecule has 0 aromatic heterocycles. The minimum absolute atomic E-state index is 0.0522. The van der Waals surface area contributed by atoms with E-state index in [9.17, 15) is 0 Å². The molecule has 1 fully saturated rings. The Morgan fingerprint density at radius 1 is 0.966 bits per heavy atom. The van der Waals surface area contributed by atoms with Gasteiger partial charge in [0.05, 0.1) is 10.8 Å². The standard InChI is InChI=1S/C22H42O3S2Si2/c1-21(2,3)28(7,8)23-16-19-17(25-29(9,10)22(4,5)6)12-13-18(24-19)20-26-14-11-15-27-20/h12-13,17,19H,11,14-16H2,1-10H3/t17-,19+/m0/s1. The number of thioether (sulfide) groups is 2. The van der Waals surface area contributed by atoms with E-state index in [4.69, 9.17) is 13.6 Å². The first-order chi connectivity index (χ1) is 13.1. The predicted molar refractivity (Wildman–Crippen MR) is 136 cm³/mol. The highest BCUT2D eigenvalue weighted by molar-refractivity contribution is 8.22. The van der Waals surface area contributed by atoms with Crippen molar-refractivity contribution >= 4 is 40.2 Å². The molecule has 2 rings (SSSR count). The third-order valence-electron chi connectivity index (χ3n) is 6.69. The van der Waals surface area contributed by atoms with E-state index in [1.54, 1.807) is 0 Å². The van der Waals surface area contributed by atoms with E-state index in [-0.39, 0.29) is 22.3 Å². The summed E-state index contributed by atoms with van der Waals surface area (Å²) < 4.78 is 21.2. The zero-order chi connectivity index (χ0) is 22.1. The molecule has 2 aliphatic heterocycles. The van der Waals surface area contributed by atoms with Gasteiger partial charge in [0.1, 0.15) is 18.0 Å². The van der Waals surface area contributed by atoms with Gasteiger partial charge in [0.15, 0.2) is 16.6 Å². The van der Waals surface area contributed by atoms with Crippen LogP contribution in [0.15, 0.2) is 22.1 Å². The van der Waals surface area contributed by atoms with Gasteiger partial charge in [-0.25, -0.2) is 0 Å². The highest BCUT2D eigenvalue weighted by Crippen LogP contribution is 2.42. The second-order valence-corrected chi connectivity index (χ2v) is 23.2. The fourth-order valence-electron chi connectivity index (χ4n) is 2.53. The third kappa shape index (κ3) is 6.66. The number of rotatable bonds is 5. The van der Waals surface area contributed by atoms with Crippen molar-refractivity contribution < 1.29 is 13.6 Å². The van der Waals surface area contributed by atoms with Crippen LogP contribution in [-0.2, 0) is 13.6 Å². The highest BCUT2D eigenvalue weighted by atomic mass is 32.2. The van der Waals surface area contributed by atoms with Gasteiger partial charge in [-0.15, -0.1) is 23.5 Å². The molecule has 1 saturated heterocycles. The lowest BCUT2D eigenvalue weighted by Gasteiger charge is -2.43. The minimum atomic E-state index is -1.91. The predicted octanol–water partition coefficient (Wildman–Crippen LogP) is 7.39. The smallest absolute Gasteiger partial charge is 0.193 e. The molecular formula is C22H42O3S2Si2. The quantitative estimate of drug-likeness (QED) is 0.387. The highest BCUT2D eigenvalue weighted by Gasteiger charge is 2.43. The molecule has 0 amide bonds. The van der Waals surface area contributed by atoms with Gasteiger partial charge < -0.3 is 13.6 Å². The van der Waals surface area contributed by atoms with Crippen LogP contribution in [0.5, 0.6) is 0 Å². The number of hydrogen-bond acceptors (Lipinski definition) is 5. The zero-order valence-electron chi connectivity index (χ0n) is 20.2. The Morgan fingerprint density at radius 3 is 2.03 bits per heavy atom. The minimum Gasteiger partial charge on any atom is -0.483 e. The average Bonchev–Trinajstić information content (AvgIpc) is 2.59. The summed E-state index contributed by atoms with van der Waals surface area (Å²) in [5.41, 5.74) is 0. The van der Waals surface area contributed by atoms with Crippen molar-refractivity contribution in [3.05, 3.63) is 22.1 Å². The normalized spacial score (nSPS) is 24.6. The average molecular weight is 475 g/mol. The maximum atomic E-state index is 6.77. The summed E-state index contributed by atoms with van der Waals surface area (Å²) in [5.74, 6) is 3.37. The van der Waals surface area contributed by atoms with Crippen molar-refractivity contribution in [2.75, 3.05) is 18.1 Å². The third-order valence-corrected chi connectivity index (χ3v) is 18.3. The molecule has 0 aliphatic carbocycles. The summed E-state index contributed by atoms with van der Waals surface area (Å²) in [4.78, 5) is 0. The molecule has 168 valence electrons. The lowest BCUT2D eigenvalue weighted by atomic mass is 10.1. The van der Waals surface area contributed by atoms with Crippen LogP contribution in [0, 0.1) is 0 Å². The Labute approximate surface area is 190 Å². The summed E-state index contributed by atoms with van der Waals surface area (Å²) in [6.45, 7) is 23.5. The van der Waals surface area contributed by atoms with Crippen LogP contribution in [0.3, 0.4) is 0 Å². The summed E-state index contributed by atoms with van der Waals surface area (Å²) in [5, 5.41) is 0.350. The molecular weight excluding hydrogens is 433 g/mol. The van der Waals surface area contributed by atoms with Crippen molar-refractivity contribution in [3.63, 3.8) is 0 Å². The van der Waals surface area contributed by atoms with E-state index < -0.39 is 16.6 Å². The van der Waals surface area contributed by atoms with E-state index in [0.717, 1.165) is 5.76 Å². The van der Waals surface area contributed by atoms with Gasteiger partial charge in [-0.05, 0) is 66.3 Å². The van der Waals surface area contributed by atoms with Crippen molar-refractivity contribution in [1.82, 2.24) is 0 Å². The Bertz CT molecular complexity index is 623. The van der Waals surface area contributed by atoms with E-state index >= 15 is 0 Å². The van der Waals surface area contributed by atoms with Gasteiger partial charge in [0.2, 0.25) is 0 Å². The zero-order valence-corrected chi connectivity index (χ0v) is 23.8. The van der Waals surface area contributed by atoms with E-state index in [1.165, 1.54) is 22.2 Å². The van der Waals surface area contributed by atoms with Crippen molar-refractivity contribution in [2.24, 2.45) is 0 Å². The Kier molecular flexibility index (Phi) is 8.34. The monoisotopic (exact) mass is 474 g/mol. The molecule has 0 N–H and O–H groups in total. The molecule has 29 heavy (non-hydrogen) atoms. The molecule has 0 aromatic carbocycles. The van der Waals surface area contributed by atoms with Gasteiger partial charge >= 0.3 is 0 Å². The Balaban J connectivity index is 2.24. The first-order valence-electron chi connectivity index (χ1n) is 10.8. The number of ether oxygens (including phenoxy) is 1. The van der Waals surface area contributed by atoms with E-state index in [1.807, 2.05) is 23.5 Å². The van der Waals surface area contributed by atoms with Gasteiger partial charge in [0, 0.05) is 0 Å². The molecule has 2 aliphatic rings. The van der Waals surface area contributed by atoms with Crippen LogP contribution < -0.4 is 0 Å². The molecule has 2 heterocycles. The Morgan fingerprint density at radius 2 is 1.52 bits per heavy atom. The van der Waals surface area contributed by atoms with Crippen LogP contribution in [0.25, 0.3) is 0 Å². The molecule has 0 aromatic rings. The van der Waals surface area contributed by atoms with Crippen LogP contribution >= 0.6 is 23.5 Å². The fourth-order valence-corrected chi connectivity index (χ4v) is 7.29. The number of allylic oxidation sites excluding steroid dienone is 1. The lowest BCUT2D eigenvalue weighted by Crippen LogP contribution is -2.50. The summed E-state index contributed by atoms with van der Waals surface area (Å²) in [6.07, 6.45) is 5.49. The second-order valence-electron chi connectivity index (χ2n) is 11.1. The molecule has 0 bridgehead atoms. The second kappa shape index (κ2) is 9.45. The van der Waals surface area contributed by atoms with Crippen LogP contribution in [0.1, 0.15) is 48.0 Å². The van der Waals surface area contributed by atoms with Crippen molar-refractivity contribution in [1.29, 1.82) is 0 Å². The van der Waals surface area contributed by atoms with E-state index in [2.05, 4.69) is 79.9 Å². The first kappa shape index (κ1) is 25.6. The van der Waals surface area contributed by atoms with Crippen LogP contribution in [-0.4, -0.2) is 47.0 Å². The van der Waals surface area contributed by atoms with E-state index in [0.29, 0.717) is 6.61 Å². The SMILES string of the molecule is CC(C)(C)[Si](C)(C)OC[C@H]1OC(=C2SCCCS2)C=C[C@@H]1O[Si](C)(C)C(C)(C)C. The van der Waals surface area contributed by atoms with Crippen LogP contribution in [0.2, 0.25) is 36.3 Å². The van der Waals surface area contributed by atoms with Gasteiger partial charge in [0.25, 0.3) is 0 Å². The topological polar surface area (TPSA) is 27.7 Å². The van der Waals surface area contributed by atoms with Gasteiger partial charge in [-0.3, -0.25) is 0 Å². The first-order valence-corrected chi connectivity index (χ1v) is 18.6. The summed E-state index contributed by atoms with van der Waals surface area (Å²) in [6, 6.07) is 0. The largest absolute Gasteiger partial charge is 0.483 e. The van der Waals surface area contributed by atoms with Gasteiger partial charge in [-0.1, -0.05) is 41.5 Å². The summed E-state index contributed by atoms with van der Waals surface area (Å²) in [7, 11) is -3.76. The molecule has 7 heteroatoms. The maximum Gasteiger partial charge on any atom is 0.193 e. The Hall–Kier alpha value is 0.334. The number of hydrogen-bond donors (Lipinski definition) is 0. The molecule has 0 unspecified atom stereocenters. The molecule has 0 saturated carbocycles. The molecule has 3 nitrogen and oxygen atoms in total. The molecule has 2 atom stereocenters. The van der Waals surface area contributed by atoms with Crippen molar-refractivity contribution in [3.8, 4) is 0 Å². The summed E-state index contributed by atoms with van der Waals surface area (Å²) >= 11 is 3.84. The lowest BCUT2D eigenvalue weighted by molar-refractivity contribution is -0.00834. The van der Waals surface area contributed by atoms with Gasteiger partial charge in [-0.2, -0.15) is 0 Å². The van der Waals surface area contributed by atoms with Crippen LogP contribution in [0.4, 0.5) is 0 Å². The fraction of sp³-hybridized carbons (Fsp3) is 0.818. The maximum absolute atomic E-state index is 6.77. The molecule has 0 radical (unpaired) electrons. The molecule has 0 spiro atoms.